The van der Waals surface area contributed by atoms with Crippen LogP contribution in [0, 0.1) is 17.7 Å². The number of pyridine rings is 1. The molecule has 1 atom stereocenters. The second kappa shape index (κ2) is 7.16. The molecule has 19 heavy (non-hydrogen) atoms. The SMILES string of the molecule is CC(C)CCCC(C)NC(=O)c1ccnc(F)c1F. The molecule has 1 aromatic heterocycles. The highest BCUT2D eigenvalue weighted by Crippen LogP contribution is 2.11. The summed E-state index contributed by atoms with van der Waals surface area (Å²) in [6.45, 7) is 6.13. The predicted octanol–water partition coefficient (Wildman–Crippen LogP) is 3.30. The minimum absolute atomic E-state index is 0.0677. The molecule has 0 fully saturated rings. The van der Waals surface area contributed by atoms with Crippen LogP contribution in [0.2, 0.25) is 0 Å². The van der Waals surface area contributed by atoms with Gasteiger partial charge < -0.3 is 5.32 Å². The van der Waals surface area contributed by atoms with E-state index in [1.165, 1.54) is 6.07 Å². The lowest BCUT2D eigenvalue weighted by atomic mass is 10.0. The first kappa shape index (κ1) is 15.5. The number of amides is 1. The Hall–Kier alpha value is -1.52. The lowest BCUT2D eigenvalue weighted by Crippen LogP contribution is -2.33. The molecule has 1 N–H and O–H groups in total. The van der Waals surface area contributed by atoms with E-state index in [2.05, 4.69) is 24.1 Å². The normalized spacial score (nSPS) is 12.5. The first-order chi connectivity index (χ1) is 8.91. The van der Waals surface area contributed by atoms with Crippen LogP contribution in [0.3, 0.4) is 0 Å². The maximum Gasteiger partial charge on any atom is 0.254 e. The predicted molar refractivity (Wildman–Crippen MR) is 69.8 cm³/mol. The van der Waals surface area contributed by atoms with E-state index >= 15 is 0 Å². The number of rotatable bonds is 6. The Morgan fingerprint density at radius 2 is 2.00 bits per heavy atom. The second-order valence-electron chi connectivity index (χ2n) is 5.16. The number of halogens is 2. The molecule has 3 nitrogen and oxygen atoms in total. The molecule has 1 amide bonds. The van der Waals surface area contributed by atoms with Crippen molar-refractivity contribution in [3.05, 3.63) is 29.6 Å². The third-order valence-corrected chi connectivity index (χ3v) is 2.89. The van der Waals surface area contributed by atoms with Crippen molar-refractivity contribution >= 4 is 5.91 Å². The first-order valence-electron chi connectivity index (χ1n) is 6.52. The summed E-state index contributed by atoms with van der Waals surface area (Å²) in [5, 5.41) is 2.66. The van der Waals surface area contributed by atoms with Gasteiger partial charge >= 0.3 is 0 Å². The molecule has 0 bridgehead atoms. The maximum absolute atomic E-state index is 13.4. The molecule has 5 heteroatoms. The fourth-order valence-electron chi connectivity index (χ4n) is 1.80. The van der Waals surface area contributed by atoms with Gasteiger partial charge in [0, 0.05) is 12.2 Å². The molecule has 106 valence electrons. The largest absolute Gasteiger partial charge is 0.349 e. The Morgan fingerprint density at radius 3 is 2.63 bits per heavy atom. The van der Waals surface area contributed by atoms with E-state index in [-0.39, 0.29) is 11.6 Å². The fourth-order valence-corrected chi connectivity index (χ4v) is 1.80. The standard InChI is InChI=1S/C14H20F2N2O/c1-9(2)5-4-6-10(3)18-14(19)11-7-8-17-13(16)12(11)15/h7-10H,4-6H2,1-3H3,(H,18,19). The molecule has 0 aliphatic rings. The van der Waals surface area contributed by atoms with Crippen LogP contribution in [0.4, 0.5) is 8.78 Å². The van der Waals surface area contributed by atoms with E-state index in [4.69, 9.17) is 0 Å². The summed E-state index contributed by atoms with van der Waals surface area (Å²) in [5.74, 6) is -2.43. The number of carbonyl (C=O) groups excluding carboxylic acids is 1. The number of nitrogens with zero attached hydrogens (tertiary/aromatic N) is 1. The summed E-state index contributed by atoms with van der Waals surface area (Å²) >= 11 is 0. The van der Waals surface area contributed by atoms with E-state index in [9.17, 15) is 13.6 Å². The van der Waals surface area contributed by atoms with E-state index in [1.807, 2.05) is 6.92 Å². The number of hydrogen-bond acceptors (Lipinski definition) is 2. The van der Waals surface area contributed by atoms with Gasteiger partial charge in [-0.25, -0.2) is 9.37 Å². The summed E-state index contributed by atoms with van der Waals surface area (Å²) < 4.78 is 26.3. The minimum Gasteiger partial charge on any atom is -0.349 e. The van der Waals surface area contributed by atoms with E-state index < -0.39 is 17.7 Å². The molecule has 1 aromatic rings. The van der Waals surface area contributed by atoms with E-state index in [0.29, 0.717) is 5.92 Å². The number of carbonyl (C=O) groups is 1. The average Bonchev–Trinajstić information content (AvgIpc) is 2.31. The van der Waals surface area contributed by atoms with E-state index in [1.54, 1.807) is 0 Å². The highest BCUT2D eigenvalue weighted by molar-refractivity contribution is 5.94. The van der Waals surface area contributed by atoms with Gasteiger partial charge in [-0.3, -0.25) is 4.79 Å². The monoisotopic (exact) mass is 270 g/mol. The zero-order valence-electron chi connectivity index (χ0n) is 11.5. The van der Waals surface area contributed by atoms with Crippen LogP contribution in [0.5, 0.6) is 0 Å². The molecular weight excluding hydrogens is 250 g/mol. The van der Waals surface area contributed by atoms with Crippen LogP contribution >= 0.6 is 0 Å². The molecule has 0 radical (unpaired) electrons. The van der Waals surface area contributed by atoms with Crippen molar-refractivity contribution in [3.8, 4) is 0 Å². The molecule has 0 aliphatic carbocycles. The lowest BCUT2D eigenvalue weighted by Gasteiger charge is -2.14. The van der Waals surface area contributed by atoms with Crippen molar-refractivity contribution < 1.29 is 13.6 Å². The van der Waals surface area contributed by atoms with Crippen molar-refractivity contribution in [1.82, 2.24) is 10.3 Å². The molecule has 0 aromatic carbocycles. The maximum atomic E-state index is 13.4. The summed E-state index contributed by atoms with van der Waals surface area (Å²) in [6.07, 6.45) is 3.97. The lowest BCUT2D eigenvalue weighted by molar-refractivity contribution is 0.0932. The van der Waals surface area contributed by atoms with Crippen LogP contribution in [-0.2, 0) is 0 Å². The van der Waals surface area contributed by atoms with Crippen molar-refractivity contribution in [2.24, 2.45) is 5.92 Å². The molecule has 1 heterocycles. The van der Waals surface area contributed by atoms with Gasteiger partial charge in [-0.15, -0.1) is 0 Å². The van der Waals surface area contributed by atoms with Gasteiger partial charge in [0.1, 0.15) is 0 Å². The number of hydrogen-bond donors (Lipinski definition) is 1. The van der Waals surface area contributed by atoms with Gasteiger partial charge in [-0.05, 0) is 25.3 Å². The van der Waals surface area contributed by atoms with Gasteiger partial charge in [-0.2, -0.15) is 4.39 Å². The molecule has 0 spiro atoms. The Labute approximate surface area is 112 Å². The zero-order valence-corrected chi connectivity index (χ0v) is 11.5. The van der Waals surface area contributed by atoms with Crippen LogP contribution in [-0.4, -0.2) is 16.9 Å². The van der Waals surface area contributed by atoms with Gasteiger partial charge in [0.25, 0.3) is 5.91 Å². The Morgan fingerprint density at radius 1 is 1.32 bits per heavy atom. The minimum atomic E-state index is -1.25. The van der Waals surface area contributed by atoms with Crippen molar-refractivity contribution in [3.63, 3.8) is 0 Å². The fraction of sp³-hybridized carbons (Fsp3) is 0.571. The second-order valence-corrected chi connectivity index (χ2v) is 5.16. The van der Waals surface area contributed by atoms with Crippen molar-refractivity contribution in [1.29, 1.82) is 0 Å². The first-order valence-corrected chi connectivity index (χ1v) is 6.52. The molecular formula is C14H20F2N2O. The Balaban J connectivity index is 2.52. The molecule has 1 unspecified atom stereocenters. The molecule has 0 saturated heterocycles. The third-order valence-electron chi connectivity index (χ3n) is 2.89. The number of nitrogens with one attached hydrogen (secondary N) is 1. The smallest absolute Gasteiger partial charge is 0.254 e. The Kier molecular flexibility index (Phi) is 5.86. The van der Waals surface area contributed by atoms with Gasteiger partial charge in [0.2, 0.25) is 5.95 Å². The molecule has 0 aliphatic heterocycles. The zero-order chi connectivity index (χ0) is 14.4. The van der Waals surface area contributed by atoms with Crippen molar-refractivity contribution in [2.75, 3.05) is 0 Å². The van der Waals surface area contributed by atoms with Crippen LogP contribution in [0.25, 0.3) is 0 Å². The number of aromatic nitrogens is 1. The van der Waals surface area contributed by atoms with Gasteiger partial charge in [0.05, 0.1) is 5.56 Å². The Bertz CT molecular complexity index is 435. The van der Waals surface area contributed by atoms with Crippen LogP contribution < -0.4 is 5.32 Å². The summed E-state index contributed by atoms with van der Waals surface area (Å²) in [7, 11) is 0. The summed E-state index contributed by atoms with van der Waals surface area (Å²) in [6, 6.07) is 1.11. The topological polar surface area (TPSA) is 42.0 Å². The van der Waals surface area contributed by atoms with Gasteiger partial charge in [0.15, 0.2) is 5.82 Å². The quantitative estimate of drug-likeness (QED) is 0.806. The van der Waals surface area contributed by atoms with Crippen LogP contribution in [0.1, 0.15) is 50.4 Å². The highest BCUT2D eigenvalue weighted by atomic mass is 19.2. The van der Waals surface area contributed by atoms with Gasteiger partial charge in [-0.1, -0.05) is 26.7 Å². The summed E-state index contributed by atoms with van der Waals surface area (Å²) in [4.78, 5) is 14.9. The average molecular weight is 270 g/mol. The van der Waals surface area contributed by atoms with E-state index in [0.717, 1.165) is 25.5 Å². The summed E-state index contributed by atoms with van der Waals surface area (Å²) in [5.41, 5.74) is -0.303. The molecule has 0 saturated carbocycles. The van der Waals surface area contributed by atoms with Crippen LogP contribution in [0.15, 0.2) is 12.3 Å². The third kappa shape index (κ3) is 4.93. The molecule has 1 rings (SSSR count). The van der Waals surface area contributed by atoms with Crippen molar-refractivity contribution in [2.45, 2.75) is 46.1 Å². The highest BCUT2D eigenvalue weighted by Gasteiger charge is 2.17.